The molecule has 34 heavy (non-hydrogen) atoms. The second kappa shape index (κ2) is 8.69. The minimum atomic E-state index is -0.882. The molecule has 3 N–H and O–H groups in total. The Bertz CT molecular complexity index is 1380. The first kappa shape index (κ1) is 22.3. The van der Waals surface area contributed by atoms with Crippen LogP contribution in [0.3, 0.4) is 0 Å². The number of hydrogen-bond donors (Lipinski definition) is 3. The number of ether oxygens (including phenoxy) is 2. The lowest BCUT2D eigenvalue weighted by molar-refractivity contribution is 0.0706. The number of halogens is 2. The fourth-order valence-corrected chi connectivity index (χ4v) is 4.36. The Morgan fingerprint density at radius 2 is 2.09 bits per heavy atom. The van der Waals surface area contributed by atoms with Gasteiger partial charge in [0, 0.05) is 46.1 Å². The Kier molecular flexibility index (Phi) is 5.70. The summed E-state index contributed by atoms with van der Waals surface area (Å²) >= 11 is 1.61. The number of aliphatic imine (C=N–C) groups is 1. The van der Waals surface area contributed by atoms with E-state index >= 15 is 0 Å². The number of aromatic amines is 1. The first-order chi connectivity index (χ1) is 16.3. The Hall–Kier alpha value is -3.50. The molecule has 4 heterocycles. The fraction of sp³-hybridized carbons (Fsp3) is 0.250. The van der Waals surface area contributed by atoms with Crippen molar-refractivity contribution in [3.8, 4) is 22.6 Å². The zero-order valence-electron chi connectivity index (χ0n) is 18.5. The van der Waals surface area contributed by atoms with Crippen LogP contribution in [0.15, 0.2) is 47.0 Å². The maximum atomic E-state index is 14.9. The summed E-state index contributed by atoms with van der Waals surface area (Å²) in [5, 5.41) is 14.8. The van der Waals surface area contributed by atoms with E-state index in [1.54, 1.807) is 23.6 Å². The van der Waals surface area contributed by atoms with Gasteiger partial charge in [-0.15, -0.1) is 11.3 Å². The van der Waals surface area contributed by atoms with Gasteiger partial charge in [0.1, 0.15) is 18.0 Å². The number of aromatic nitrogens is 2. The van der Waals surface area contributed by atoms with Crippen molar-refractivity contribution >= 4 is 34.1 Å². The van der Waals surface area contributed by atoms with Crippen LogP contribution in [-0.4, -0.2) is 40.9 Å². The van der Waals surface area contributed by atoms with Crippen LogP contribution < -0.4 is 10.1 Å². The molecule has 0 aliphatic carbocycles. The van der Waals surface area contributed by atoms with Crippen LogP contribution in [0.4, 0.5) is 14.5 Å². The highest BCUT2D eigenvalue weighted by molar-refractivity contribution is 7.10. The van der Waals surface area contributed by atoms with Gasteiger partial charge in [-0.3, -0.25) is 0 Å². The predicted octanol–water partition coefficient (Wildman–Crippen LogP) is 5.47. The maximum Gasteiger partial charge on any atom is 0.289 e. The molecule has 0 saturated heterocycles. The number of nitrogens with one attached hydrogen (secondary N) is 2. The van der Waals surface area contributed by atoms with Crippen LogP contribution in [0, 0.1) is 24.0 Å². The lowest BCUT2D eigenvalue weighted by Crippen LogP contribution is -2.38. The molecule has 7 nitrogen and oxygen atoms in total. The molecule has 0 amide bonds. The zero-order valence-corrected chi connectivity index (χ0v) is 19.3. The van der Waals surface area contributed by atoms with Gasteiger partial charge in [0.05, 0.1) is 18.5 Å². The summed E-state index contributed by atoms with van der Waals surface area (Å²) in [6.07, 6.45) is 3.32. The van der Waals surface area contributed by atoms with E-state index in [0.29, 0.717) is 17.6 Å². The first-order valence-electron chi connectivity index (χ1n) is 10.6. The molecule has 1 aliphatic rings. The molecule has 0 radical (unpaired) electrons. The summed E-state index contributed by atoms with van der Waals surface area (Å²) < 4.78 is 41.1. The number of amidine groups is 1. The van der Waals surface area contributed by atoms with Gasteiger partial charge in [0.25, 0.3) is 6.02 Å². The highest BCUT2D eigenvalue weighted by Gasteiger charge is 2.29. The van der Waals surface area contributed by atoms with Crippen LogP contribution in [0.2, 0.25) is 0 Å². The fourth-order valence-electron chi connectivity index (χ4n) is 3.65. The Labute approximate surface area is 198 Å². The van der Waals surface area contributed by atoms with Crippen molar-refractivity contribution in [3.05, 3.63) is 58.6 Å². The third kappa shape index (κ3) is 4.22. The van der Waals surface area contributed by atoms with Crippen LogP contribution >= 0.6 is 11.3 Å². The van der Waals surface area contributed by atoms with Crippen LogP contribution in [-0.2, 0) is 4.74 Å². The molecule has 0 spiro atoms. The number of rotatable bonds is 5. The normalized spacial score (nSPS) is 18.0. The molecule has 10 heteroatoms. The largest absolute Gasteiger partial charge is 0.464 e. The smallest absolute Gasteiger partial charge is 0.289 e. The van der Waals surface area contributed by atoms with Crippen molar-refractivity contribution in [2.24, 2.45) is 10.4 Å². The summed E-state index contributed by atoms with van der Waals surface area (Å²) in [6.45, 7) is 4.34. The van der Waals surface area contributed by atoms with E-state index in [-0.39, 0.29) is 30.7 Å². The van der Waals surface area contributed by atoms with Crippen molar-refractivity contribution in [1.29, 1.82) is 0 Å². The van der Waals surface area contributed by atoms with Crippen molar-refractivity contribution in [1.82, 2.24) is 9.97 Å². The average molecular weight is 485 g/mol. The van der Waals surface area contributed by atoms with E-state index in [9.17, 15) is 13.9 Å². The number of pyridine rings is 1. The van der Waals surface area contributed by atoms with E-state index in [4.69, 9.17) is 9.47 Å². The minimum absolute atomic E-state index is 0.0732. The predicted molar refractivity (Wildman–Crippen MR) is 128 cm³/mol. The summed E-state index contributed by atoms with van der Waals surface area (Å²) in [6, 6.07) is 5.97. The molecular weight excluding hydrogens is 462 g/mol. The van der Waals surface area contributed by atoms with Crippen molar-refractivity contribution < 1.29 is 23.4 Å². The van der Waals surface area contributed by atoms with E-state index in [0.717, 1.165) is 28.1 Å². The summed E-state index contributed by atoms with van der Waals surface area (Å²) in [5.74, 6) is -2.00. The topological polar surface area (TPSA) is 91.8 Å². The second-order valence-electron chi connectivity index (χ2n) is 8.56. The third-order valence-electron chi connectivity index (χ3n) is 5.58. The summed E-state index contributed by atoms with van der Waals surface area (Å²) in [5.41, 5.74) is 2.01. The molecule has 1 unspecified atom stereocenters. The number of fused-ring (bicyclic) bond motifs is 1. The van der Waals surface area contributed by atoms with Gasteiger partial charge in [-0.1, -0.05) is 6.92 Å². The van der Waals surface area contributed by atoms with Crippen molar-refractivity contribution in [2.45, 2.75) is 13.8 Å². The molecule has 1 aliphatic heterocycles. The van der Waals surface area contributed by atoms with Gasteiger partial charge in [-0.25, -0.2) is 18.8 Å². The molecule has 1 atom stereocenters. The average Bonchev–Trinajstić information content (AvgIpc) is 3.44. The van der Waals surface area contributed by atoms with Crippen LogP contribution in [0.25, 0.3) is 22.2 Å². The minimum Gasteiger partial charge on any atom is -0.464 e. The van der Waals surface area contributed by atoms with E-state index in [2.05, 4.69) is 20.3 Å². The molecule has 1 aromatic carbocycles. The maximum absolute atomic E-state index is 14.9. The quantitative estimate of drug-likeness (QED) is 0.350. The number of aryl methyl sites for hydroxylation is 1. The number of aliphatic hydroxyl groups excluding tert-OH is 1. The SMILES string of the molecule is Cc1cc(-c2c[nH]c3nccc(Oc4c(F)cc(NC5=NCC(C)(CO)CO5)cc4F)c23)cs1. The van der Waals surface area contributed by atoms with Gasteiger partial charge in [-0.05, 0) is 30.0 Å². The van der Waals surface area contributed by atoms with Crippen LogP contribution in [0.5, 0.6) is 11.5 Å². The highest BCUT2D eigenvalue weighted by Crippen LogP contribution is 2.39. The highest BCUT2D eigenvalue weighted by atomic mass is 32.1. The number of aliphatic hydroxyl groups is 1. The zero-order chi connectivity index (χ0) is 23.9. The number of anilines is 1. The lowest BCUT2D eigenvalue weighted by atomic mass is 9.93. The van der Waals surface area contributed by atoms with E-state index < -0.39 is 22.8 Å². The number of hydrogen-bond acceptors (Lipinski definition) is 7. The van der Waals surface area contributed by atoms with Gasteiger partial charge < -0.3 is 24.9 Å². The Balaban J connectivity index is 1.43. The third-order valence-corrected chi connectivity index (χ3v) is 6.44. The lowest BCUT2D eigenvalue weighted by Gasteiger charge is -2.30. The second-order valence-corrected chi connectivity index (χ2v) is 9.67. The van der Waals surface area contributed by atoms with Crippen molar-refractivity contribution in [2.75, 3.05) is 25.1 Å². The number of thiophene rings is 1. The molecule has 0 bridgehead atoms. The molecule has 0 saturated carbocycles. The Morgan fingerprint density at radius 1 is 1.29 bits per heavy atom. The molecular formula is C24H22F2N4O3S. The van der Waals surface area contributed by atoms with Crippen molar-refractivity contribution in [3.63, 3.8) is 0 Å². The standard InChI is InChI=1S/C24H22F2N4O3S/c1-13-5-14(9-34-13)16-8-28-22-20(16)19(3-4-27-22)33-21-17(25)6-15(7-18(21)26)30-23-29-10-24(2,11-31)12-32-23/h3-9,31H,10-12H2,1-2H3,(H,27,28)(H,29,30). The van der Waals surface area contributed by atoms with Gasteiger partial charge >= 0.3 is 0 Å². The Morgan fingerprint density at radius 3 is 2.74 bits per heavy atom. The molecule has 0 fully saturated rings. The number of H-pyrrole nitrogens is 1. The molecule has 176 valence electrons. The van der Waals surface area contributed by atoms with E-state index in [1.807, 2.05) is 25.3 Å². The first-order valence-corrected chi connectivity index (χ1v) is 11.5. The van der Waals surface area contributed by atoms with Crippen LogP contribution in [0.1, 0.15) is 11.8 Å². The van der Waals surface area contributed by atoms with E-state index in [1.165, 1.54) is 6.20 Å². The van der Waals surface area contributed by atoms with Gasteiger partial charge in [0.15, 0.2) is 17.4 Å². The molecule has 4 aromatic rings. The summed E-state index contributed by atoms with van der Waals surface area (Å²) in [4.78, 5) is 12.7. The number of nitrogens with zero attached hydrogens (tertiary/aromatic N) is 2. The van der Waals surface area contributed by atoms with Gasteiger partial charge in [0.2, 0.25) is 0 Å². The monoisotopic (exact) mass is 484 g/mol. The summed E-state index contributed by atoms with van der Waals surface area (Å²) in [7, 11) is 0. The number of benzene rings is 1. The molecule has 5 rings (SSSR count). The molecule has 3 aromatic heterocycles. The van der Waals surface area contributed by atoms with Gasteiger partial charge in [-0.2, -0.15) is 0 Å².